The molecule has 0 aliphatic rings. The van der Waals surface area contributed by atoms with Crippen LogP contribution in [0.25, 0.3) is 10.9 Å². The number of carbonyl (C=O) groups is 1. The molecule has 0 atom stereocenters. The Balaban J connectivity index is 2.54. The lowest BCUT2D eigenvalue weighted by Crippen LogP contribution is -2.28. The molecule has 0 amide bonds. The van der Waals surface area contributed by atoms with Gasteiger partial charge in [0, 0.05) is 18.1 Å². The van der Waals surface area contributed by atoms with Gasteiger partial charge in [0.25, 0.3) is 0 Å². The van der Waals surface area contributed by atoms with Gasteiger partial charge < -0.3 is 5.11 Å². The van der Waals surface area contributed by atoms with Gasteiger partial charge in [-0.15, -0.1) is 0 Å². The van der Waals surface area contributed by atoms with Crippen molar-refractivity contribution in [2.24, 2.45) is 0 Å². The largest absolute Gasteiger partial charge is 0.481 e. The minimum absolute atomic E-state index is 0.799. The Morgan fingerprint density at radius 2 is 2.18 bits per heavy atom. The van der Waals surface area contributed by atoms with Gasteiger partial charge in [0.1, 0.15) is 0 Å². The molecule has 0 aliphatic carbocycles. The van der Waals surface area contributed by atoms with E-state index in [4.69, 9.17) is 0 Å². The Labute approximate surface area is 99.9 Å². The van der Waals surface area contributed by atoms with Crippen LogP contribution >= 0.6 is 0 Å². The second-order valence-electron chi connectivity index (χ2n) is 4.69. The van der Waals surface area contributed by atoms with Crippen LogP contribution in [0.15, 0.2) is 24.4 Å². The molecule has 2 rings (SSSR count). The van der Waals surface area contributed by atoms with E-state index in [0.717, 1.165) is 23.0 Å². The summed E-state index contributed by atoms with van der Waals surface area (Å²) in [6.07, 6.45) is 1.94. The maximum atomic E-state index is 11.2. The van der Waals surface area contributed by atoms with Crippen molar-refractivity contribution in [1.82, 2.24) is 9.78 Å². The molecule has 0 fully saturated rings. The molecular formula is C13H16N2O2. The van der Waals surface area contributed by atoms with Crippen molar-refractivity contribution < 1.29 is 9.90 Å². The highest BCUT2D eigenvalue weighted by molar-refractivity contribution is 5.84. The number of carboxylic acids is 1. The van der Waals surface area contributed by atoms with Crippen LogP contribution in [0.3, 0.4) is 0 Å². The average Bonchev–Trinajstić information content (AvgIpc) is 2.70. The van der Waals surface area contributed by atoms with Crippen LogP contribution in [-0.4, -0.2) is 20.9 Å². The monoisotopic (exact) mass is 232 g/mol. The highest BCUT2D eigenvalue weighted by atomic mass is 16.4. The minimum Gasteiger partial charge on any atom is -0.481 e. The maximum absolute atomic E-state index is 11.2. The Morgan fingerprint density at radius 3 is 2.76 bits per heavy atom. The zero-order valence-electron chi connectivity index (χ0n) is 10.3. The fourth-order valence-corrected chi connectivity index (χ4v) is 1.75. The molecule has 90 valence electrons. The minimum atomic E-state index is -0.873. The summed E-state index contributed by atoms with van der Waals surface area (Å²) in [4.78, 5) is 11.2. The van der Waals surface area contributed by atoms with Crippen LogP contribution in [0.5, 0.6) is 0 Å². The van der Waals surface area contributed by atoms with Crippen molar-refractivity contribution in [3.8, 4) is 0 Å². The Bertz CT molecular complexity index is 570. The average molecular weight is 232 g/mol. The number of aromatic nitrogens is 2. The number of aryl methyl sites for hydroxylation is 1. The standard InChI is InChI=1S/C13H16N2O2/c1-4-15-8-9-7-10(5-6-11(9)14-15)13(2,3)12(16)17/h5-8H,4H2,1-3H3,(H,16,17). The van der Waals surface area contributed by atoms with Gasteiger partial charge in [0.15, 0.2) is 0 Å². The van der Waals surface area contributed by atoms with Crippen LogP contribution in [0.1, 0.15) is 26.3 Å². The summed E-state index contributed by atoms with van der Waals surface area (Å²) in [6.45, 7) is 6.25. The lowest BCUT2D eigenvalue weighted by atomic mass is 9.84. The molecule has 17 heavy (non-hydrogen) atoms. The summed E-state index contributed by atoms with van der Waals surface area (Å²) in [6, 6.07) is 5.62. The summed E-state index contributed by atoms with van der Waals surface area (Å²) < 4.78 is 1.85. The molecule has 0 spiro atoms. The first-order chi connectivity index (χ1) is 7.95. The molecule has 4 nitrogen and oxygen atoms in total. The second-order valence-corrected chi connectivity index (χ2v) is 4.69. The quantitative estimate of drug-likeness (QED) is 0.884. The smallest absolute Gasteiger partial charge is 0.313 e. The zero-order chi connectivity index (χ0) is 12.6. The molecular weight excluding hydrogens is 216 g/mol. The van der Waals surface area contributed by atoms with E-state index in [9.17, 15) is 9.90 Å². The molecule has 1 aromatic carbocycles. The molecule has 0 bridgehead atoms. The van der Waals surface area contributed by atoms with Gasteiger partial charge in [-0.25, -0.2) is 0 Å². The summed E-state index contributed by atoms with van der Waals surface area (Å²) in [5.74, 6) is -0.820. The number of hydrogen-bond donors (Lipinski definition) is 1. The van der Waals surface area contributed by atoms with E-state index >= 15 is 0 Å². The van der Waals surface area contributed by atoms with Gasteiger partial charge in [-0.1, -0.05) is 6.07 Å². The van der Waals surface area contributed by atoms with Gasteiger partial charge in [0.2, 0.25) is 0 Å². The molecule has 0 unspecified atom stereocenters. The third kappa shape index (κ3) is 1.90. The first-order valence-corrected chi connectivity index (χ1v) is 5.66. The predicted molar refractivity (Wildman–Crippen MR) is 66.1 cm³/mol. The number of fused-ring (bicyclic) bond motifs is 1. The van der Waals surface area contributed by atoms with Crippen molar-refractivity contribution >= 4 is 16.9 Å². The molecule has 0 saturated heterocycles. The number of carboxylic acid groups (broad SMARTS) is 1. The number of hydrogen-bond acceptors (Lipinski definition) is 2. The zero-order valence-corrected chi connectivity index (χ0v) is 10.3. The Morgan fingerprint density at radius 1 is 1.47 bits per heavy atom. The number of rotatable bonds is 3. The van der Waals surface area contributed by atoms with Gasteiger partial charge in [-0.2, -0.15) is 5.10 Å². The third-order valence-electron chi connectivity index (χ3n) is 3.13. The first kappa shape index (κ1) is 11.6. The molecule has 1 N–H and O–H groups in total. The molecule has 0 aliphatic heterocycles. The normalized spacial score (nSPS) is 11.9. The lowest BCUT2D eigenvalue weighted by Gasteiger charge is -2.19. The highest BCUT2D eigenvalue weighted by Gasteiger charge is 2.29. The first-order valence-electron chi connectivity index (χ1n) is 5.66. The van der Waals surface area contributed by atoms with Gasteiger partial charge in [0.05, 0.1) is 10.9 Å². The summed E-state index contributed by atoms with van der Waals surface area (Å²) >= 11 is 0. The van der Waals surface area contributed by atoms with Crippen LogP contribution in [0.2, 0.25) is 0 Å². The summed E-state index contributed by atoms with van der Waals surface area (Å²) in [5.41, 5.74) is 0.827. The molecule has 1 aromatic heterocycles. The van der Waals surface area contributed by atoms with E-state index in [-0.39, 0.29) is 0 Å². The second kappa shape index (κ2) is 3.87. The van der Waals surface area contributed by atoms with Gasteiger partial charge >= 0.3 is 5.97 Å². The number of aliphatic carboxylic acids is 1. The van der Waals surface area contributed by atoms with E-state index < -0.39 is 11.4 Å². The van der Waals surface area contributed by atoms with Crippen LogP contribution < -0.4 is 0 Å². The number of nitrogens with zero attached hydrogens (tertiary/aromatic N) is 2. The van der Waals surface area contributed by atoms with E-state index in [1.807, 2.05) is 36.0 Å². The van der Waals surface area contributed by atoms with E-state index in [1.165, 1.54) is 0 Å². The van der Waals surface area contributed by atoms with Crippen molar-refractivity contribution in [2.45, 2.75) is 32.7 Å². The lowest BCUT2D eigenvalue weighted by molar-refractivity contribution is -0.142. The van der Waals surface area contributed by atoms with E-state index in [2.05, 4.69) is 5.10 Å². The predicted octanol–water partition coefficient (Wildman–Crippen LogP) is 2.42. The molecule has 0 radical (unpaired) electrons. The van der Waals surface area contributed by atoms with E-state index in [1.54, 1.807) is 13.8 Å². The fourth-order valence-electron chi connectivity index (χ4n) is 1.75. The number of benzene rings is 1. The van der Waals surface area contributed by atoms with Crippen molar-refractivity contribution in [2.75, 3.05) is 0 Å². The molecule has 0 saturated carbocycles. The fraction of sp³-hybridized carbons (Fsp3) is 0.385. The summed E-state index contributed by atoms with van der Waals surface area (Å²) in [5, 5.41) is 14.6. The van der Waals surface area contributed by atoms with E-state index in [0.29, 0.717) is 0 Å². The molecule has 4 heteroatoms. The Kier molecular flexibility index (Phi) is 2.65. The van der Waals surface area contributed by atoms with Crippen LogP contribution in [0, 0.1) is 0 Å². The van der Waals surface area contributed by atoms with Gasteiger partial charge in [-0.3, -0.25) is 9.48 Å². The SMILES string of the molecule is CCn1cc2cc(C(C)(C)C(=O)O)ccc2n1. The maximum Gasteiger partial charge on any atom is 0.313 e. The van der Waals surface area contributed by atoms with Crippen molar-refractivity contribution in [3.63, 3.8) is 0 Å². The van der Waals surface area contributed by atoms with Crippen molar-refractivity contribution in [1.29, 1.82) is 0 Å². The Hall–Kier alpha value is -1.84. The summed E-state index contributed by atoms with van der Waals surface area (Å²) in [7, 11) is 0. The van der Waals surface area contributed by atoms with Gasteiger partial charge in [-0.05, 0) is 38.5 Å². The molecule has 1 heterocycles. The third-order valence-corrected chi connectivity index (χ3v) is 3.13. The highest BCUT2D eigenvalue weighted by Crippen LogP contribution is 2.26. The topological polar surface area (TPSA) is 55.1 Å². The van der Waals surface area contributed by atoms with Crippen LogP contribution in [-0.2, 0) is 16.8 Å². The molecule has 2 aromatic rings. The van der Waals surface area contributed by atoms with Crippen molar-refractivity contribution in [3.05, 3.63) is 30.0 Å². The van der Waals surface area contributed by atoms with Crippen LogP contribution in [0.4, 0.5) is 0 Å².